The molecule has 1 fully saturated rings. The van der Waals surface area contributed by atoms with E-state index in [4.69, 9.17) is 9.47 Å². The first-order valence-corrected chi connectivity index (χ1v) is 15.5. The van der Waals surface area contributed by atoms with E-state index in [9.17, 15) is 28.8 Å². The van der Waals surface area contributed by atoms with Gasteiger partial charge in [0.15, 0.2) is 0 Å². The Hall–Kier alpha value is -4.81. The Labute approximate surface area is 268 Å². The van der Waals surface area contributed by atoms with Crippen molar-refractivity contribution in [2.45, 2.75) is 64.5 Å². The van der Waals surface area contributed by atoms with E-state index in [-0.39, 0.29) is 36.4 Å². The molecule has 1 aromatic carbocycles. The second-order valence-electron chi connectivity index (χ2n) is 12.2. The van der Waals surface area contributed by atoms with Crippen molar-refractivity contribution in [1.82, 2.24) is 20.1 Å². The summed E-state index contributed by atoms with van der Waals surface area (Å²) >= 11 is 0. The maximum atomic E-state index is 13.1. The number of amides is 4. The second-order valence-corrected chi connectivity index (χ2v) is 12.2. The molecule has 4 rings (SSSR count). The lowest BCUT2D eigenvalue weighted by Crippen LogP contribution is -2.50. The monoisotopic (exact) mass is 635 g/mol. The topological polar surface area (TPSA) is 156 Å². The summed E-state index contributed by atoms with van der Waals surface area (Å²) in [4.78, 5) is 83.3. The molecule has 4 amide bonds. The smallest absolute Gasteiger partial charge is 0.340 e. The quantitative estimate of drug-likeness (QED) is 0.142. The summed E-state index contributed by atoms with van der Waals surface area (Å²) in [5.41, 5.74) is 0.115. The van der Waals surface area contributed by atoms with Crippen molar-refractivity contribution in [1.29, 1.82) is 0 Å². The maximum absolute atomic E-state index is 13.1. The second kappa shape index (κ2) is 15.0. The summed E-state index contributed by atoms with van der Waals surface area (Å²) in [6, 6.07) is 6.95. The minimum absolute atomic E-state index is 0.0109. The Morgan fingerprint density at radius 1 is 1.02 bits per heavy atom. The zero-order valence-electron chi connectivity index (χ0n) is 26.7. The van der Waals surface area contributed by atoms with Crippen molar-refractivity contribution in [2.24, 2.45) is 0 Å². The van der Waals surface area contributed by atoms with Crippen LogP contribution in [0.4, 0.5) is 5.82 Å². The van der Waals surface area contributed by atoms with Gasteiger partial charge in [0.1, 0.15) is 29.5 Å². The average molecular weight is 636 g/mol. The average Bonchev–Trinajstić information content (AvgIpc) is 3.27. The molecule has 3 heterocycles. The number of benzene rings is 1. The molecule has 0 aliphatic carbocycles. The molecule has 246 valence electrons. The highest BCUT2D eigenvalue weighted by Crippen LogP contribution is 2.29. The Morgan fingerprint density at radius 3 is 2.43 bits per heavy atom. The van der Waals surface area contributed by atoms with Crippen LogP contribution >= 0.6 is 0 Å². The van der Waals surface area contributed by atoms with E-state index in [1.54, 1.807) is 39.0 Å². The molecule has 0 saturated carbocycles. The summed E-state index contributed by atoms with van der Waals surface area (Å²) < 4.78 is 11.2. The van der Waals surface area contributed by atoms with Crippen LogP contribution in [0.15, 0.2) is 36.5 Å². The molecule has 2 aromatic rings. The van der Waals surface area contributed by atoms with Gasteiger partial charge < -0.3 is 29.4 Å². The number of pyridine rings is 1. The van der Waals surface area contributed by atoms with Crippen LogP contribution in [-0.4, -0.2) is 102 Å². The van der Waals surface area contributed by atoms with Crippen LogP contribution in [0.2, 0.25) is 0 Å². The van der Waals surface area contributed by atoms with Gasteiger partial charge >= 0.3 is 5.97 Å². The molecule has 1 atom stereocenters. The number of rotatable bonds is 14. The summed E-state index contributed by atoms with van der Waals surface area (Å²) in [6.45, 7) is 7.83. The van der Waals surface area contributed by atoms with Crippen LogP contribution in [0.5, 0.6) is 5.75 Å². The minimum atomic E-state index is -1.07. The molecular weight excluding hydrogens is 594 g/mol. The first-order chi connectivity index (χ1) is 21.9. The molecule has 2 aliphatic heterocycles. The summed E-state index contributed by atoms with van der Waals surface area (Å²) in [5, 5.41) is 2.45. The molecule has 13 heteroatoms. The fourth-order valence-corrected chi connectivity index (χ4v) is 5.32. The molecule has 46 heavy (non-hydrogen) atoms. The third kappa shape index (κ3) is 8.26. The molecule has 2 aliphatic rings. The van der Waals surface area contributed by atoms with Gasteiger partial charge in [-0.15, -0.1) is 0 Å². The van der Waals surface area contributed by atoms with Gasteiger partial charge in [0.25, 0.3) is 11.8 Å². The largest absolute Gasteiger partial charge is 0.494 e. The Bertz CT molecular complexity index is 1470. The third-order valence-corrected chi connectivity index (χ3v) is 7.67. The number of hydrogen-bond donors (Lipinski definition) is 1. The van der Waals surface area contributed by atoms with Gasteiger partial charge in [0, 0.05) is 39.3 Å². The van der Waals surface area contributed by atoms with Gasteiger partial charge in [0.2, 0.25) is 11.8 Å². The number of carbonyl (C=O) groups is 6. The predicted octanol–water partition coefficient (Wildman–Crippen LogP) is 2.62. The number of imide groups is 1. The zero-order chi connectivity index (χ0) is 33.4. The van der Waals surface area contributed by atoms with Crippen molar-refractivity contribution in [3.63, 3.8) is 0 Å². The van der Waals surface area contributed by atoms with E-state index >= 15 is 0 Å². The number of anilines is 1. The molecule has 1 unspecified atom stereocenters. The van der Waals surface area contributed by atoms with Crippen LogP contribution in [0.3, 0.4) is 0 Å². The van der Waals surface area contributed by atoms with E-state index < -0.39 is 35.3 Å². The van der Waals surface area contributed by atoms with E-state index in [1.807, 2.05) is 9.80 Å². The van der Waals surface area contributed by atoms with Crippen LogP contribution in [0.25, 0.3) is 0 Å². The Balaban J connectivity index is 1.19. The molecular formula is C33H41N5O8. The van der Waals surface area contributed by atoms with Gasteiger partial charge in [-0.05, 0) is 76.8 Å². The zero-order valence-corrected chi connectivity index (χ0v) is 26.7. The number of unbranched alkanes of at least 4 members (excludes halogenated alkanes) is 2. The standard InChI is InChI=1S/C33H41N5O8/c1-33(2,3)46-32(44)22-10-13-27(35-20-22)37-16-15-36(28(40)21-37)14-6-5-7-18-45-23-11-12-24-25(19-23)31(43)38(30(24)42)26(9-8-17-39)29(41)34-4/h10-13,17,19-20,26H,5-9,14-16,18,21H2,1-4H3,(H,34,41). The minimum Gasteiger partial charge on any atom is -0.494 e. The molecule has 1 N–H and O–H groups in total. The van der Waals surface area contributed by atoms with Crippen molar-refractivity contribution in [3.8, 4) is 5.75 Å². The summed E-state index contributed by atoms with van der Waals surface area (Å²) in [6.07, 6.45) is 4.54. The van der Waals surface area contributed by atoms with E-state index in [1.165, 1.54) is 25.4 Å². The number of carbonyl (C=O) groups excluding carboxylic acids is 6. The Morgan fingerprint density at radius 2 is 1.78 bits per heavy atom. The lowest BCUT2D eigenvalue weighted by atomic mass is 10.1. The number of piperazine rings is 1. The number of likely N-dealkylation sites (N-methyl/N-ethyl adjacent to an activating group) is 1. The van der Waals surface area contributed by atoms with E-state index in [0.717, 1.165) is 24.2 Å². The molecule has 0 spiro atoms. The van der Waals surface area contributed by atoms with E-state index in [2.05, 4.69) is 10.3 Å². The lowest BCUT2D eigenvalue weighted by Gasteiger charge is -2.35. The summed E-state index contributed by atoms with van der Waals surface area (Å²) in [5.74, 6) is -1.05. The van der Waals surface area contributed by atoms with Crippen LogP contribution in [0, 0.1) is 0 Å². The fourth-order valence-electron chi connectivity index (χ4n) is 5.32. The number of hydrogen-bond acceptors (Lipinski definition) is 10. The number of aldehydes is 1. The highest BCUT2D eigenvalue weighted by atomic mass is 16.6. The van der Waals surface area contributed by atoms with Crippen LogP contribution in [0.1, 0.15) is 83.9 Å². The van der Waals surface area contributed by atoms with Crippen LogP contribution < -0.4 is 15.0 Å². The predicted molar refractivity (Wildman–Crippen MR) is 168 cm³/mol. The normalized spacial score (nSPS) is 15.5. The number of fused-ring (bicyclic) bond motifs is 1. The number of nitrogens with one attached hydrogen (secondary N) is 1. The SMILES string of the molecule is CNC(=O)C(CCC=O)N1C(=O)c2ccc(OCCCCCN3CCN(c4ccc(C(=O)OC(C)(C)C)cn4)CC3=O)cc2C1=O. The first kappa shape index (κ1) is 34.1. The third-order valence-electron chi connectivity index (χ3n) is 7.67. The van der Waals surface area contributed by atoms with Crippen molar-refractivity contribution in [2.75, 3.05) is 44.7 Å². The highest BCUT2D eigenvalue weighted by Gasteiger charge is 2.42. The van der Waals surface area contributed by atoms with Gasteiger partial charge in [-0.2, -0.15) is 0 Å². The first-order valence-electron chi connectivity index (χ1n) is 15.5. The van der Waals surface area contributed by atoms with Crippen molar-refractivity contribution < 1.29 is 38.2 Å². The van der Waals surface area contributed by atoms with Gasteiger partial charge in [0.05, 0.1) is 29.8 Å². The molecule has 1 aromatic heterocycles. The maximum Gasteiger partial charge on any atom is 0.340 e. The number of ether oxygens (including phenoxy) is 2. The molecule has 1 saturated heterocycles. The number of esters is 1. The van der Waals surface area contributed by atoms with E-state index in [0.29, 0.717) is 49.7 Å². The molecule has 0 radical (unpaired) electrons. The lowest BCUT2D eigenvalue weighted by molar-refractivity contribution is -0.131. The highest BCUT2D eigenvalue weighted by molar-refractivity contribution is 6.23. The van der Waals surface area contributed by atoms with Gasteiger partial charge in [-0.1, -0.05) is 0 Å². The Kier molecular flexibility index (Phi) is 11.1. The fraction of sp³-hybridized carbons (Fsp3) is 0.485. The molecule has 0 bridgehead atoms. The molecule has 13 nitrogen and oxygen atoms in total. The van der Waals surface area contributed by atoms with Gasteiger partial charge in [-0.25, -0.2) is 9.78 Å². The number of aromatic nitrogens is 1. The van der Waals surface area contributed by atoms with Gasteiger partial charge in [-0.3, -0.25) is 24.1 Å². The van der Waals surface area contributed by atoms with Crippen molar-refractivity contribution in [3.05, 3.63) is 53.2 Å². The number of nitrogens with zero attached hydrogens (tertiary/aromatic N) is 4. The van der Waals surface area contributed by atoms with Crippen molar-refractivity contribution >= 4 is 41.7 Å². The summed E-state index contributed by atoms with van der Waals surface area (Å²) in [7, 11) is 1.41. The van der Waals surface area contributed by atoms with Crippen LogP contribution in [-0.2, 0) is 19.1 Å².